The van der Waals surface area contributed by atoms with Crippen molar-refractivity contribution in [2.24, 2.45) is 17.8 Å². The molecule has 3 atom stereocenters. The normalized spacial score (nSPS) is 25.4. The topological polar surface area (TPSA) is 38.3 Å². The van der Waals surface area contributed by atoms with Gasteiger partial charge in [0.2, 0.25) is 5.91 Å². The van der Waals surface area contributed by atoms with Gasteiger partial charge in [-0.05, 0) is 48.8 Å². The predicted molar refractivity (Wildman–Crippen MR) is 87.8 cm³/mol. The van der Waals surface area contributed by atoms with Gasteiger partial charge in [0.15, 0.2) is 0 Å². The minimum Gasteiger partial charge on any atom is -0.492 e. The molecule has 2 aliphatic rings. The van der Waals surface area contributed by atoms with Crippen molar-refractivity contribution in [3.8, 4) is 5.75 Å². The van der Waals surface area contributed by atoms with Gasteiger partial charge in [-0.3, -0.25) is 4.79 Å². The number of nitrogens with one attached hydrogen (secondary N) is 1. The van der Waals surface area contributed by atoms with Crippen LogP contribution >= 0.6 is 0 Å². The summed E-state index contributed by atoms with van der Waals surface area (Å²) in [5, 5.41) is 3.01. The van der Waals surface area contributed by atoms with Crippen molar-refractivity contribution < 1.29 is 9.53 Å². The lowest BCUT2D eigenvalue weighted by molar-refractivity contribution is -0.125. The van der Waals surface area contributed by atoms with E-state index in [4.69, 9.17) is 4.74 Å². The number of benzene rings is 1. The number of amides is 1. The molecule has 1 fully saturated rings. The van der Waals surface area contributed by atoms with Gasteiger partial charge >= 0.3 is 0 Å². The zero-order chi connectivity index (χ0) is 15.4. The van der Waals surface area contributed by atoms with Crippen LogP contribution in [0.2, 0.25) is 0 Å². The molecule has 22 heavy (non-hydrogen) atoms. The van der Waals surface area contributed by atoms with Gasteiger partial charge in [-0.1, -0.05) is 37.6 Å². The number of aryl methyl sites for hydroxylation is 1. The molecule has 0 unspecified atom stereocenters. The first kappa shape index (κ1) is 15.1. The predicted octanol–water partition coefficient (Wildman–Crippen LogP) is 3.35. The molecule has 0 radical (unpaired) electrons. The molecule has 0 aromatic heterocycles. The van der Waals surface area contributed by atoms with Crippen LogP contribution < -0.4 is 10.1 Å². The van der Waals surface area contributed by atoms with Gasteiger partial charge in [0.1, 0.15) is 12.4 Å². The summed E-state index contributed by atoms with van der Waals surface area (Å²) in [6.45, 7) is 3.28. The van der Waals surface area contributed by atoms with Crippen LogP contribution in [0.3, 0.4) is 0 Å². The average molecular weight is 299 g/mol. The standard InChI is InChI=1S/C19H25NO2/c1-2-3-14-5-8-17(9-6-14)22-11-10-20-19(21)18-13-15-4-7-16(18)12-15/h4-9,15-16,18H,2-3,10-13H2,1H3,(H,20,21)/t15-,16+,18-/m1/s1. The van der Waals surface area contributed by atoms with E-state index in [9.17, 15) is 4.79 Å². The highest BCUT2D eigenvalue weighted by Crippen LogP contribution is 2.43. The number of rotatable bonds is 7. The molecule has 1 aromatic carbocycles. The second kappa shape index (κ2) is 6.99. The Morgan fingerprint density at radius 1 is 1.23 bits per heavy atom. The summed E-state index contributed by atoms with van der Waals surface area (Å²) in [7, 11) is 0. The highest BCUT2D eigenvalue weighted by molar-refractivity contribution is 5.79. The minimum atomic E-state index is 0.184. The maximum atomic E-state index is 12.2. The molecular formula is C19H25NO2. The fraction of sp³-hybridized carbons (Fsp3) is 0.526. The molecule has 1 aromatic rings. The zero-order valence-electron chi connectivity index (χ0n) is 13.3. The van der Waals surface area contributed by atoms with Crippen molar-refractivity contribution in [3.63, 3.8) is 0 Å². The van der Waals surface area contributed by atoms with Crippen molar-refractivity contribution in [1.82, 2.24) is 5.32 Å². The maximum Gasteiger partial charge on any atom is 0.223 e. The summed E-state index contributed by atoms with van der Waals surface area (Å²) in [5.74, 6) is 2.36. The third kappa shape index (κ3) is 3.52. The zero-order valence-corrected chi connectivity index (χ0v) is 13.3. The fourth-order valence-corrected chi connectivity index (χ4v) is 3.60. The van der Waals surface area contributed by atoms with Crippen LogP contribution in [0, 0.1) is 17.8 Å². The Morgan fingerprint density at radius 2 is 2.05 bits per heavy atom. The molecule has 2 bridgehead atoms. The first-order chi connectivity index (χ1) is 10.8. The van der Waals surface area contributed by atoms with E-state index in [-0.39, 0.29) is 11.8 Å². The van der Waals surface area contributed by atoms with E-state index in [1.165, 1.54) is 12.0 Å². The van der Waals surface area contributed by atoms with Gasteiger partial charge in [0.05, 0.1) is 6.54 Å². The van der Waals surface area contributed by atoms with Crippen molar-refractivity contribution in [3.05, 3.63) is 42.0 Å². The average Bonchev–Trinajstić information content (AvgIpc) is 3.16. The summed E-state index contributed by atoms with van der Waals surface area (Å²) < 4.78 is 5.69. The Morgan fingerprint density at radius 3 is 2.68 bits per heavy atom. The molecule has 0 spiro atoms. The van der Waals surface area contributed by atoms with Crippen LogP contribution in [0.25, 0.3) is 0 Å². The van der Waals surface area contributed by atoms with Gasteiger partial charge in [0.25, 0.3) is 0 Å². The molecule has 0 heterocycles. The lowest BCUT2D eigenvalue weighted by Crippen LogP contribution is -2.35. The molecule has 0 saturated heterocycles. The Balaban J connectivity index is 1.36. The van der Waals surface area contributed by atoms with Gasteiger partial charge in [-0.25, -0.2) is 0 Å². The largest absolute Gasteiger partial charge is 0.492 e. The number of hydrogen-bond donors (Lipinski definition) is 1. The quantitative estimate of drug-likeness (QED) is 0.619. The van der Waals surface area contributed by atoms with Crippen molar-refractivity contribution in [2.45, 2.75) is 32.6 Å². The summed E-state index contributed by atoms with van der Waals surface area (Å²) in [6.07, 6.45) is 8.93. The highest BCUT2D eigenvalue weighted by atomic mass is 16.5. The van der Waals surface area contributed by atoms with Crippen LogP contribution in [0.15, 0.2) is 36.4 Å². The minimum absolute atomic E-state index is 0.184. The van der Waals surface area contributed by atoms with E-state index in [1.54, 1.807) is 0 Å². The molecule has 0 aliphatic heterocycles. The Hall–Kier alpha value is -1.77. The summed E-state index contributed by atoms with van der Waals surface area (Å²) >= 11 is 0. The smallest absolute Gasteiger partial charge is 0.223 e. The van der Waals surface area contributed by atoms with Crippen LogP contribution in [0.4, 0.5) is 0 Å². The number of carbonyl (C=O) groups is 1. The highest BCUT2D eigenvalue weighted by Gasteiger charge is 2.39. The number of carbonyl (C=O) groups excluding carboxylic acids is 1. The van der Waals surface area contributed by atoms with Crippen LogP contribution in [-0.2, 0) is 11.2 Å². The van der Waals surface area contributed by atoms with E-state index in [0.717, 1.165) is 25.0 Å². The van der Waals surface area contributed by atoms with Crippen LogP contribution in [0.1, 0.15) is 31.7 Å². The van der Waals surface area contributed by atoms with Gasteiger partial charge < -0.3 is 10.1 Å². The van der Waals surface area contributed by atoms with Crippen molar-refractivity contribution in [1.29, 1.82) is 0 Å². The molecule has 3 rings (SSSR count). The van der Waals surface area contributed by atoms with Crippen LogP contribution in [-0.4, -0.2) is 19.1 Å². The SMILES string of the molecule is CCCc1ccc(OCCNC(=O)[C@@H]2C[C@@H]3C=C[C@H]2C3)cc1. The molecule has 1 saturated carbocycles. The van der Waals surface area contributed by atoms with Crippen molar-refractivity contribution >= 4 is 5.91 Å². The van der Waals surface area contributed by atoms with Gasteiger partial charge in [0, 0.05) is 5.92 Å². The van der Waals surface area contributed by atoms with Crippen LogP contribution in [0.5, 0.6) is 5.75 Å². The third-order valence-corrected chi connectivity index (χ3v) is 4.75. The van der Waals surface area contributed by atoms with E-state index in [2.05, 4.69) is 36.5 Å². The number of hydrogen-bond acceptors (Lipinski definition) is 2. The molecule has 2 aliphatic carbocycles. The number of ether oxygens (including phenoxy) is 1. The Kier molecular flexibility index (Phi) is 4.81. The lowest BCUT2D eigenvalue weighted by Gasteiger charge is -2.17. The van der Waals surface area contributed by atoms with E-state index >= 15 is 0 Å². The molecular weight excluding hydrogens is 274 g/mol. The second-order valence-electron chi connectivity index (χ2n) is 6.42. The summed E-state index contributed by atoms with van der Waals surface area (Å²) in [6, 6.07) is 8.24. The number of fused-ring (bicyclic) bond motifs is 2. The van der Waals surface area contributed by atoms with Crippen molar-refractivity contribution in [2.75, 3.05) is 13.2 Å². The summed E-state index contributed by atoms with van der Waals surface area (Å²) in [4.78, 5) is 12.2. The van der Waals surface area contributed by atoms with Gasteiger partial charge in [-0.15, -0.1) is 0 Å². The molecule has 1 N–H and O–H groups in total. The van der Waals surface area contributed by atoms with E-state index < -0.39 is 0 Å². The maximum absolute atomic E-state index is 12.2. The van der Waals surface area contributed by atoms with Gasteiger partial charge in [-0.2, -0.15) is 0 Å². The first-order valence-electron chi connectivity index (χ1n) is 8.44. The number of allylic oxidation sites excluding steroid dienone is 2. The Bertz CT molecular complexity index is 535. The third-order valence-electron chi connectivity index (χ3n) is 4.75. The molecule has 118 valence electrons. The molecule has 3 nitrogen and oxygen atoms in total. The fourth-order valence-electron chi connectivity index (χ4n) is 3.60. The monoisotopic (exact) mass is 299 g/mol. The molecule has 3 heteroatoms. The Labute approximate surface area is 132 Å². The van der Waals surface area contributed by atoms with E-state index in [0.29, 0.717) is 25.0 Å². The lowest BCUT2D eigenvalue weighted by atomic mass is 9.93. The first-order valence-corrected chi connectivity index (χ1v) is 8.44. The second-order valence-corrected chi connectivity index (χ2v) is 6.42. The summed E-state index contributed by atoms with van der Waals surface area (Å²) in [5.41, 5.74) is 1.34. The molecule has 1 amide bonds. The van der Waals surface area contributed by atoms with E-state index in [1.807, 2.05) is 12.1 Å².